The number of carbonyl (C=O) groups is 2. The maximum Gasteiger partial charge on any atom is 0.269 e. The summed E-state index contributed by atoms with van der Waals surface area (Å²) in [6, 6.07) is 25.1. The molecule has 0 heterocycles. The van der Waals surface area contributed by atoms with E-state index >= 15 is 0 Å². The number of nitro benzene ring substituents is 2. The van der Waals surface area contributed by atoms with Gasteiger partial charge in [0.05, 0.1) is 21.2 Å². The SMILES string of the molecule is O=C(/C=C/c1ccc([N+](=O)[O-])cc1)Nc1ccc(N=Nc2ccccc2)c(NC(=O)/C=C/c2ccc([N+](=O)[O-])cc2)c1. The summed E-state index contributed by atoms with van der Waals surface area (Å²) >= 11 is 0. The second-order valence-electron chi connectivity index (χ2n) is 8.61. The van der Waals surface area contributed by atoms with Gasteiger partial charge in [-0.05, 0) is 77.9 Å². The van der Waals surface area contributed by atoms with Gasteiger partial charge in [-0.3, -0.25) is 29.8 Å². The van der Waals surface area contributed by atoms with Crippen LogP contribution in [0.15, 0.2) is 119 Å². The molecule has 12 nitrogen and oxygen atoms in total. The van der Waals surface area contributed by atoms with E-state index in [2.05, 4.69) is 20.9 Å². The van der Waals surface area contributed by atoms with E-state index < -0.39 is 21.7 Å². The number of nitro groups is 2. The first kappa shape index (κ1) is 28.7. The zero-order valence-corrected chi connectivity index (χ0v) is 21.8. The van der Waals surface area contributed by atoms with E-state index in [1.165, 1.54) is 78.9 Å². The molecule has 42 heavy (non-hydrogen) atoms. The van der Waals surface area contributed by atoms with Gasteiger partial charge in [0.1, 0.15) is 5.69 Å². The minimum atomic E-state index is -0.511. The first-order valence-corrected chi connectivity index (χ1v) is 12.3. The number of nitrogens with zero attached hydrogens (tertiary/aromatic N) is 4. The Balaban J connectivity index is 1.50. The summed E-state index contributed by atoms with van der Waals surface area (Å²) in [5.74, 6) is -0.978. The molecule has 0 aromatic heterocycles. The van der Waals surface area contributed by atoms with E-state index in [1.807, 2.05) is 18.2 Å². The van der Waals surface area contributed by atoms with Gasteiger partial charge in [0.15, 0.2) is 0 Å². The molecule has 4 rings (SSSR count). The molecule has 0 atom stereocenters. The number of non-ortho nitro benzene ring substituents is 2. The average molecular weight is 563 g/mol. The lowest BCUT2D eigenvalue weighted by Crippen LogP contribution is -2.10. The molecule has 0 radical (unpaired) electrons. The van der Waals surface area contributed by atoms with E-state index in [0.29, 0.717) is 28.2 Å². The van der Waals surface area contributed by atoms with Crippen molar-refractivity contribution in [2.75, 3.05) is 10.6 Å². The van der Waals surface area contributed by atoms with Crippen molar-refractivity contribution in [3.63, 3.8) is 0 Å². The summed E-state index contributed by atoms with van der Waals surface area (Å²) in [6.45, 7) is 0. The molecular weight excluding hydrogens is 540 g/mol. The Bertz CT molecular complexity index is 1700. The molecule has 0 bridgehead atoms. The fraction of sp³-hybridized carbons (Fsp3) is 0. The molecule has 2 amide bonds. The zero-order valence-electron chi connectivity index (χ0n) is 21.8. The highest BCUT2D eigenvalue weighted by atomic mass is 16.6. The van der Waals surface area contributed by atoms with Crippen LogP contribution in [-0.2, 0) is 9.59 Å². The van der Waals surface area contributed by atoms with E-state index in [1.54, 1.807) is 24.3 Å². The monoisotopic (exact) mass is 562 g/mol. The highest BCUT2D eigenvalue weighted by Gasteiger charge is 2.09. The van der Waals surface area contributed by atoms with Crippen LogP contribution in [0.2, 0.25) is 0 Å². The first-order chi connectivity index (χ1) is 20.3. The standard InChI is InChI=1S/C30H22N6O6/c37-29(18-10-21-6-13-25(14-7-21)35(39)40)31-24-12-17-27(34-33-23-4-2-1-3-5-23)28(20-24)32-30(38)19-11-22-8-15-26(16-9-22)36(41)42/h1-20H,(H,31,37)(H,32,38)/b18-10+,19-11+,34-33?. The molecule has 4 aromatic carbocycles. The van der Waals surface area contributed by atoms with Crippen molar-refractivity contribution in [3.8, 4) is 0 Å². The molecule has 0 spiro atoms. The fourth-order valence-electron chi connectivity index (χ4n) is 3.52. The summed E-state index contributed by atoms with van der Waals surface area (Å²) in [4.78, 5) is 45.9. The van der Waals surface area contributed by atoms with Crippen molar-refractivity contribution in [2.45, 2.75) is 0 Å². The highest BCUT2D eigenvalue weighted by molar-refractivity contribution is 6.05. The number of rotatable bonds is 10. The van der Waals surface area contributed by atoms with Gasteiger partial charge in [0.2, 0.25) is 11.8 Å². The Labute approximate surface area is 239 Å². The topological polar surface area (TPSA) is 169 Å². The number of hydrogen-bond donors (Lipinski definition) is 2. The normalized spacial score (nSPS) is 11.1. The van der Waals surface area contributed by atoms with Crippen LogP contribution in [0.25, 0.3) is 12.2 Å². The smallest absolute Gasteiger partial charge is 0.269 e. The maximum absolute atomic E-state index is 12.7. The van der Waals surface area contributed by atoms with Crippen molar-refractivity contribution in [1.29, 1.82) is 0 Å². The van der Waals surface area contributed by atoms with Gasteiger partial charge in [0.25, 0.3) is 11.4 Å². The van der Waals surface area contributed by atoms with Crippen LogP contribution in [0.1, 0.15) is 11.1 Å². The van der Waals surface area contributed by atoms with Crippen molar-refractivity contribution in [3.05, 3.63) is 141 Å². The Morgan fingerprint density at radius 2 is 1.17 bits per heavy atom. The third kappa shape index (κ3) is 8.35. The summed E-state index contributed by atoms with van der Waals surface area (Å²) in [7, 11) is 0. The molecular formula is C30H22N6O6. The van der Waals surface area contributed by atoms with Crippen LogP contribution >= 0.6 is 0 Å². The lowest BCUT2D eigenvalue weighted by molar-refractivity contribution is -0.385. The number of hydrogen-bond acceptors (Lipinski definition) is 8. The Morgan fingerprint density at radius 1 is 0.643 bits per heavy atom. The molecule has 2 N–H and O–H groups in total. The van der Waals surface area contributed by atoms with Crippen molar-refractivity contribution in [2.24, 2.45) is 10.2 Å². The molecule has 208 valence electrons. The molecule has 12 heteroatoms. The van der Waals surface area contributed by atoms with Crippen LogP contribution in [0.3, 0.4) is 0 Å². The third-order valence-electron chi connectivity index (χ3n) is 5.61. The highest BCUT2D eigenvalue weighted by Crippen LogP contribution is 2.30. The van der Waals surface area contributed by atoms with Crippen LogP contribution in [0.5, 0.6) is 0 Å². The van der Waals surface area contributed by atoms with E-state index in [4.69, 9.17) is 0 Å². The van der Waals surface area contributed by atoms with Crippen LogP contribution < -0.4 is 10.6 Å². The van der Waals surface area contributed by atoms with Crippen LogP contribution in [0, 0.1) is 20.2 Å². The Morgan fingerprint density at radius 3 is 1.69 bits per heavy atom. The quantitative estimate of drug-likeness (QED) is 0.0894. The predicted molar refractivity (Wildman–Crippen MR) is 159 cm³/mol. The van der Waals surface area contributed by atoms with Crippen LogP contribution in [-0.4, -0.2) is 21.7 Å². The van der Waals surface area contributed by atoms with E-state index in [0.717, 1.165) is 0 Å². The number of benzene rings is 4. The largest absolute Gasteiger partial charge is 0.322 e. The fourth-order valence-corrected chi connectivity index (χ4v) is 3.52. The molecule has 0 aliphatic rings. The van der Waals surface area contributed by atoms with Gasteiger partial charge in [-0.2, -0.15) is 5.11 Å². The number of anilines is 2. The van der Waals surface area contributed by atoms with Crippen LogP contribution in [0.4, 0.5) is 34.1 Å². The number of azo groups is 1. The third-order valence-corrected chi connectivity index (χ3v) is 5.61. The van der Waals surface area contributed by atoms with Crippen molar-refractivity contribution >= 4 is 58.1 Å². The second kappa shape index (κ2) is 13.7. The number of amides is 2. The summed E-state index contributed by atoms with van der Waals surface area (Å²) in [6.07, 6.45) is 5.54. The van der Waals surface area contributed by atoms with Crippen molar-refractivity contribution in [1.82, 2.24) is 0 Å². The van der Waals surface area contributed by atoms with Gasteiger partial charge in [-0.15, -0.1) is 5.11 Å². The lowest BCUT2D eigenvalue weighted by atomic mass is 10.2. The Kier molecular flexibility index (Phi) is 9.34. The van der Waals surface area contributed by atoms with Gasteiger partial charge >= 0.3 is 0 Å². The number of nitrogens with one attached hydrogen (secondary N) is 2. The number of carbonyl (C=O) groups excluding carboxylic acids is 2. The minimum Gasteiger partial charge on any atom is -0.322 e. The van der Waals surface area contributed by atoms with E-state index in [9.17, 15) is 29.8 Å². The molecule has 0 unspecified atom stereocenters. The zero-order chi connectivity index (χ0) is 29.9. The van der Waals surface area contributed by atoms with Gasteiger partial charge in [-0.25, -0.2) is 0 Å². The molecule has 0 aliphatic carbocycles. The molecule has 4 aromatic rings. The second-order valence-corrected chi connectivity index (χ2v) is 8.61. The van der Waals surface area contributed by atoms with Gasteiger partial charge in [-0.1, -0.05) is 18.2 Å². The summed E-state index contributed by atoms with van der Waals surface area (Å²) in [5.41, 5.74) is 2.62. The predicted octanol–water partition coefficient (Wildman–Crippen LogP) is 7.22. The Hall–Kier alpha value is -6.30. The maximum atomic E-state index is 12.7. The van der Waals surface area contributed by atoms with E-state index in [-0.39, 0.29) is 17.1 Å². The molecule has 0 saturated heterocycles. The van der Waals surface area contributed by atoms with Gasteiger partial charge < -0.3 is 10.6 Å². The summed E-state index contributed by atoms with van der Waals surface area (Å²) in [5, 5.41) is 35.5. The minimum absolute atomic E-state index is 0.0572. The average Bonchev–Trinajstić information content (AvgIpc) is 2.99. The lowest BCUT2D eigenvalue weighted by Gasteiger charge is -2.09. The first-order valence-electron chi connectivity index (χ1n) is 12.3. The molecule has 0 aliphatic heterocycles. The van der Waals surface area contributed by atoms with Crippen molar-refractivity contribution < 1.29 is 19.4 Å². The van der Waals surface area contributed by atoms with Gasteiger partial charge in [0, 0.05) is 42.1 Å². The molecule has 0 saturated carbocycles. The molecule has 0 fully saturated rings. The summed E-state index contributed by atoms with van der Waals surface area (Å²) < 4.78 is 0.